The maximum Gasteiger partial charge on any atom is 0.253 e. The molecule has 0 bridgehead atoms. The first-order valence-electron chi connectivity index (χ1n) is 8.16. The highest BCUT2D eigenvalue weighted by atomic mass is 19.1. The van der Waals surface area contributed by atoms with Crippen LogP contribution in [0.25, 0.3) is 10.9 Å². The Labute approximate surface area is 145 Å². The largest absolute Gasteiger partial charge is 0.347 e. The van der Waals surface area contributed by atoms with E-state index in [1.807, 2.05) is 10.8 Å². The first kappa shape index (κ1) is 17.1. The Hall–Kier alpha value is -2.76. The summed E-state index contributed by atoms with van der Waals surface area (Å²) in [5.41, 5.74) is 0.579. The molecule has 6 heteroatoms. The van der Waals surface area contributed by atoms with E-state index in [0.29, 0.717) is 23.0 Å². The van der Waals surface area contributed by atoms with Crippen LogP contribution < -0.4 is 5.32 Å². The van der Waals surface area contributed by atoms with E-state index in [1.165, 1.54) is 12.1 Å². The predicted octanol–water partition coefficient (Wildman–Crippen LogP) is 3.42. The molecule has 2 aromatic heterocycles. The third-order valence-electron chi connectivity index (χ3n) is 4.26. The zero-order valence-electron chi connectivity index (χ0n) is 14.5. The van der Waals surface area contributed by atoms with Gasteiger partial charge in [0.25, 0.3) is 5.91 Å². The minimum Gasteiger partial charge on any atom is -0.347 e. The monoisotopic (exact) mass is 340 g/mol. The highest BCUT2D eigenvalue weighted by Gasteiger charge is 2.27. The van der Waals surface area contributed by atoms with Gasteiger partial charge in [0.1, 0.15) is 5.82 Å². The van der Waals surface area contributed by atoms with Crippen molar-refractivity contribution in [1.29, 1.82) is 0 Å². The summed E-state index contributed by atoms with van der Waals surface area (Å²) in [5, 5.41) is 3.42. The number of carbonyl (C=O) groups is 1. The summed E-state index contributed by atoms with van der Waals surface area (Å²) in [6.45, 7) is 6.80. The average Bonchev–Trinajstić information content (AvgIpc) is 3.07. The molecule has 0 spiro atoms. The van der Waals surface area contributed by atoms with Crippen molar-refractivity contribution < 1.29 is 9.18 Å². The maximum atomic E-state index is 14.0. The van der Waals surface area contributed by atoms with Crippen LogP contribution in [-0.2, 0) is 6.54 Å². The number of carbonyl (C=O) groups excluding carboxylic acids is 1. The standard InChI is InChI=1S/C19H21FN4O/c1-19(2,3)16(11-24-10-9-21-12-24)23-18(25)14-6-7-15(20)13-5-4-8-22-17(13)14/h4-10,12,16H,11H2,1-3H3,(H,23,25)/t16-/m0/s1. The second-order valence-electron chi connectivity index (χ2n) is 7.15. The molecule has 0 saturated carbocycles. The minimum atomic E-state index is -0.384. The summed E-state index contributed by atoms with van der Waals surface area (Å²) in [6.07, 6.45) is 6.85. The number of pyridine rings is 1. The van der Waals surface area contributed by atoms with Crippen molar-refractivity contribution in [2.24, 2.45) is 5.41 Å². The molecule has 1 atom stereocenters. The molecule has 25 heavy (non-hydrogen) atoms. The van der Waals surface area contributed by atoms with Crippen LogP contribution in [0.15, 0.2) is 49.2 Å². The minimum absolute atomic E-state index is 0.127. The van der Waals surface area contributed by atoms with Gasteiger partial charge in [-0.2, -0.15) is 0 Å². The molecule has 3 rings (SSSR count). The van der Waals surface area contributed by atoms with Crippen LogP contribution in [-0.4, -0.2) is 26.5 Å². The van der Waals surface area contributed by atoms with E-state index in [4.69, 9.17) is 0 Å². The summed E-state index contributed by atoms with van der Waals surface area (Å²) in [5.74, 6) is -0.644. The molecular formula is C19H21FN4O. The smallest absolute Gasteiger partial charge is 0.253 e. The van der Waals surface area contributed by atoms with Gasteiger partial charge in [0.2, 0.25) is 0 Å². The fraction of sp³-hybridized carbons (Fsp3) is 0.316. The fourth-order valence-corrected chi connectivity index (χ4v) is 2.70. The number of amides is 1. The Balaban J connectivity index is 1.91. The number of nitrogens with zero attached hydrogens (tertiary/aromatic N) is 3. The fourth-order valence-electron chi connectivity index (χ4n) is 2.70. The summed E-state index contributed by atoms with van der Waals surface area (Å²) in [4.78, 5) is 21.1. The van der Waals surface area contributed by atoms with Crippen molar-refractivity contribution in [2.75, 3.05) is 0 Å². The lowest BCUT2D eigenvalue weighted by atomic mass is 9.86. The molecule has 1 aromatic carbocycles. The van der Waals surface area contributed by atoms with Crippen LogP contribution in [0.4, 0.5) is 4.39 Å². The number of nitrogens with one attached hydrogen (secondary N) is 1. The van der Waals surface area contributed by atoms with E-state index in [2.05, 4.69) is 36.1 Å². The molecule has 0 aliphatic heterocycles. The van der Waals surface area contributed by atoms with E-state index in [-0.39, 0.29) is 23.2 Å². The van der Waals surface area contributed by atoms with Gasteiger partial charge in [-0.1, -0.05) is 20.8 Å². The zero-order valence-corrected chi connectivity index (χ0v) is 14.5. The van der Waals surface area contributed by atoms with Gasteiger partial charge in [0.05, 0.1) is 23.4 Å². The number of fused-ring (bicyclic) bond motifs is 1. The van der Waals surface area contributed by atoms with E-state index < -0.39 is 0 Å². The summed E-state index contributed by atoms with van der Waals surface area (Å²) in [6, 6.07) is 5.95. The van der Waals surface area contributed by atoms with E-state index in [0.717, 1.165) is 0 Å². The van der Waals surface area contributed by atoms with Crippen molar-refractivity contribution in [2.45, 2.75) is 33.4 Å². The van der Waals surface area contributed by atoms with Crippen molar-refractivity contribution in [3.8, 4) is 0 Å². The van der Waals surface area contributed by atoms with Crippen molar-refractivity contribution in [3.05, 3.63) is 60.6 Å². The molecule has 5 nitrogen and oxygen atoms in total. The number of halogens is 1. The SMILES string of the molecule is CC(C)(C)[C@H](Cn1ccnc1)NC(=O)c1ccc(F)c2cccnc12. The molecule has 0 fully saturated rings. The molecule has 1 amide bonds. The van der Waals surface area contributed by atoms with E-state index in [9.17, 15) is 9.18 Å². The molecule has 0 unspecified atom stereocenters. The molecule has 0 radical (unpaired) electrons. The van der Waals surface area contributed by atoms with Crippen LogP contribution in [0.1, 0.15) is 31.1 Å². The van der Waals surface area contributed by atoms with Gasteiger partial charge >= 0.3 is 0 Å². The molecule has 0 aliphatic carbocycles. The second-order valence-corrected chi connectivity index (χ2v) is 7.15. The Morgan fingerprint density at radius 3 is 2.76 bits per heavy atom. The highest BCUT2D eigenvalue weighted by molar-refractivity contribution is 6.05. The number of benzene rings is 1. The number of hydrogen-bond acceptors (Lipinski definition) is 3. The van der Waals surface area contributed by atoms with Gasteiger partial charge in [-0.15, -0.1) is 0 Å². The van der Waals surface area contributed by atoms with Gasteiger partial charge in [0, 0.05) is 30.5 Å². The first-order valence-corrected chi connectivity index (χ1v) is 8.16. The zero-order chi connectivity index (χ0) is 18.0. The molecule has 2 heterocycles. The van der Waals surface area contributed by atoms with Crippen LogP contribution in [0.3, 0.4) is 0 Å². The topological polar surface area (TPSA) is 59.8 Å². The first-order chi connectivity index (χ1) is 11.9. The quantitative estimate of drug-likeness (QED) is 0.792. The third-order valence-corrected chi connectivity index (χ3v) is 4.26. The molecule has 130 valence electrons. The van der Waals surface area contributed by atoms with E-state index in [1.54, 1.807) is 30.9 Å². The number of rotatable bonds is 4. The predicted molar refractivity (Wildman–Crippen MR) is 94.6 cm³/mol. The Kier molecular flexibility index (Phi) is 4.53. The molecule has 1 N–H and O–H groups in total. The summed E-state index contributed by atoms with van der Waals surface area (Å²) >= 11 is 0. The third kappa shape index (κ3) is 3.68. The summed E-state index contributed by atoms with van der Waals surface area (Å²) < 4.78 is 15.9. The molecule has 3 aromatic rings. The van der Waals surface area contributed by atoms with Gasteiger partial charge in [-0.05, 0) is 29.7 Å². The van der Waals surface area contributed by atoms with Crippen LogP contribution in [0.5, 0.6) is 0 Å². The van der Waals surface area contributed by atoms with Gasteiger partial charge in [0.15, 0.2) is 0 Å². The Morgan fingerprint density at radius 2 is 2.08 bits per heavy atom. The Bertz CT molecular complexity index is 884. The molecule has 0 aliphatic rings. The maximum absolute atomic E-state index is 14.0. The average molecular weight is 340 g/mol. The number of hydrogen-bond donors (Lipinski definition) is 1. The summed E-state index contributed by atoms with van der Waals surface area (Å²) in [7, 11) is 0. The van der Waals surface area contributed by atoms with Crippen molar-refractivity contribution in [1.82, 2.24) is 19.9 Å². The van der Waals surface area contributed by atoms with Gasteiger partial charge in [-0.25, -0.2) is 9.37 Å². The van der Waals surface area contributed by atoms with Crippen LogP contribution in [0, 0.1) is 11.2 Å². The number of imidazole rings is 1. The number of aromatic nitrogens is 3. The highest BCUT2D eigenvalue weighted by Crippen LogP contribution is 2.23. The van der Waals surface area contributed by atoms with Crippen molar-refractivity contribution >= 4 is 16.8 Å². The van der Waals surface area contributed by atoms with Crippen LogP contribution in [0.2, 0.25) is 0 Å². The lowest BCUT2D eigenvalue weighted by Gasteiger charge is -2.32. The molecule has 0 saturated heterocycles. The van der Waals surface area contributed by atoms with E-state index >= 15 is 0 Å². The van der Waals surface area contributed by atoms with Gasteiger partial charge in [-0.3, -0.25) is 9.78 Å². The normalized spacial score (nSPS) is 13.0. The lowest BCUT2D eigenvalue weighted by molar-refractivity contribution is 0.0894. The molecular weight excluding hydrogens is 319 g/mol. The van der Waals surface area contributed by atoms with Crippen LogP contribution >= 0.6 is 0 Å². The second kappa shape index (κ2) is 6.63. The Morgan fingerprint density at radius 1 is 1.28 bits per heavy atom. The lowest BCUT2D eigenvalue weighted by Crippen LogP contribution is -2.46. The van der Waals surface area contributed by atoms with Crippen molar-refractivity contribution in [3.63, 3.8) is 0 Å². The van der Waals surface area contributed by atoms with Gasteiger partial charge < -0.3 is 9.88 Å².